The number of benzene rings is 2. The topological polar surface area (TPSA) is 78.8 Å². The SMILES string of the molecule is O=C(N/N=C\c1ccccc1)[C@H]1CCCN1S(=O)(=O)c1ccc(Cl)cc1. The van der Waals surface area contributed by atoms with Crippen LogP contribution in [-0.2, 0) is 14.8 Å². The molecule has 1 amide bonds. The van der Waals surface area contributed by atoms with Crippen molar-refractivity contribution >= 4 is 33.7 Å². The summed E-state index contributed by atoms with van der Waals surface area (Å²) in [6.07, 6.45) is 2.59. The van der Waals surface area contributed by atoms with E-state index in [1.54, 1.807) is 0 Å². The molecule has 2 aromatic rings. The highest BCUT2D eigenvalue weighted by molar-refractivity contribution is 7.89. The Morgan fingerprint density at radius 3 is 2.54 bits per heavy atom. The highest BCUT2D eigenvalue weighted by atomic mass is 35.5. The molecule has 2 aromatic carbocycles. The van der Waals surface area contributed by atoms with Crippen molar-refractivity contribution in [2.45, 2.75) is 23.8 Å². The Hall–Kier alpha value is -2.22. The largest absolute Gasteiger partial charge is 0.271 e. The average molecular weight is 392 g/mol. The Labute approximate surface area is 157 Å². The van der Waals surface area contributed by atoms with Gasteiger partial charge in [0.25, 0.3) is 5.91 Å². The molecule has 0 radical (unpaired) electrons. The number of hydrazone groups is 1. The minimum absolute atomic E-state index is 0.120. The zero-order valence-electron chi connectivity index (χ0n) is 13.9. The lowest BCUT2D eigenvalue weighted by Gasteiger charge is -2.22. The van der Waals surface area contributed by atoms with Gasteiger partial charge in [-0.3, -0.25) is 4.79 Å². The van der Waals surface area contributed by atoms with Crippen LogP contribution < -0.4 is 5.43 Å². The van der Waals surface area contributed by atoms with Crippen molar-refractivity contribution in [2.75, 3.05) is 6.54 Å². The van der Waals surface area contributed by atoms with Gasteiger partial charge in [0, 0.05) is 11.6 Å². The maximum atomic E-state index is 12.8. The lowest BCUT2D eigenvalue weighted by atomic mass is 10.2. The van der Waals surface area contributed by atoms with Gasteiger partial charge >= 0.3 is 0 Å². The summed E-state index contributed by atoms with van der Waals surface area (Å²) in [6, 6.07) is 14.5. The summed E-state index contributed by atoms with van der Waals surface area (Å²) >= 11 is 5.82. The van der Waals surface area contributed by atoms with Crippen LogP contribution in [0, 0.1) is 0 Å². The van der Waals surface area contributed by atoms with Crippen molar-refractivity contribution in [3.63, 3.8) is 0 Å². The van der Waals surface area contributed by atoms with E-state index >= 15 is 0 Å². The summed E-state index contributed by atoms with van der Waals surface area (Å²) in [5.74, 6) is -0.438. The second kappa shape index (κ2) is 7.99. The van der Waals surface area contributed by atoms with E-state index in [1.807, 2.05) is 30.3 Å². The van der Waals surface area contributed by atoms with Gasteiger partial charge in [-0.1, -0.05) is 41.9 Å². The molecule has 0 aromatic heterocycles. The smallest absolute Gasteiger partial charge is 0.258 e. The molecular weight excluding hydrogens is 374 g/mol. The molecular formula is C18H18ClN3O3S. The molecule has 1 saturated heterocycles. The summed E-state index contributed by atoms with van der Waals surface area (Å²) in [5, 5.41) is 4.38. The van der Waals surface area contributed by atoms with E-state index in [0.29, 0.717) is 24.4 Å². The highest BCUT2D eigenvalue weighted by Crippen LogP contribution is 2.27. The van der Waals surface area contributed by atoms with E-state index in [0.717, 1.165) is 5.56 Å². The van der Waals surface area contributed by atoms with Crippen LogP contribution in [0.1, 0.15) is 18.4 Å². The van der Waals surface area contributed by atoms with Crippen LogP contribution in [0.25, 0.3) is 0 Å². The Bertz CT molecular complexity index is 899. The number of hydrogen-bond donors (Lipinski definition) is 1. The number of nitrogens with zero attached hydrogens (tertiary/aromatic N) is 2. The molecule has 1 atom stereocenters. The summed E-state index contributed by atoms with van der Waals surface area (Å²) in [6.45, 7) is 0.297. The molecule has 1 aliphatic rings. The number of halogens is 1. The molecule has 1 aliphatic heterocycles. The minimum atomic E-state index is -3.76. The molecule has 0 saturated carbocycles. The van der Waals surface area contributed by atoms with Crippen LogP contribution in [-0.4, -0.2) is 37.4 Å². The molecule has 0 aliphatic carbocycles. The molecule has 26 heavy (non-hydrogen) atoms. The van der Waals surface area contributed by atoms with Crippen molar-refractivity contribution in [3.8, 4) is 0 Å². The average Bonchev–Trinajstić information content (AvgIpc) is 3.14. The van der Waals surface area contributed by atoms with Gasteiger partial charge in [0.15, 0.2) is 0 Å². The standard InChI is InChI=1S/C18H18ClN3O3S/c19-15-8-10-16(11-9-15)26(24,25)22-12-4-7-17(22)18(23)21-20-13-14-5-2-1-3-6-14/h1-3,5-6,8-11,13,17H,4,7,12H2,(H,21,23)/b20-13-/t17-/m1/s1. The van der Waals surface area contributed by atoms with E-state index in [4.69, 9.17) is 11.6 Å². The lowest BCUT2D eigenvalue weighted by molar-refractivity contribution is -0.124. The Kier molecular flexibility index (Phi) is 5.70. The number of nitrogens with one attached hydrogen (secondary N) is 1. The van der Waals surface area contributed by atoms with Gasteiger partial charge in [-0.15, -0.1) is 0 Å². The van der Waals surface area contributed by atoms with Crippen molar-refractivity contribution < 1.29 is 13.2 Å². The van der Waals surface area contributed by atoms with Gasteiger partial charge in [0.05, 0.1) is 11.1 Å². The third kappa shape index (κ3) is 4.12. The van der Waals surface area contributed by atoms with Crippen molar-refractivity contribution in [1.82, 2.24) is 9.73 Å². The molecule has 0 spiro atoms. The van der Waals surface area contributed by atoms with Gasteiger partial charge in [0.2, 0.25) is 10.0 Å². The van der Waals surface area contributed by atoms with E-state index in [9.17, 15) is 13.2 Å². The molecule has 0 unspecified atom stereocenters. The lowest BCUT2D eigenvalue weighted by Crippen LogP contribution is -2.44. The van der Waals surface area contributed by atoms with Crippen molar-refractivity contribution in [1.29, 1.82) is 0 Å². The van der Waals surface area contributed by atoms with Crippen LogP contribution in [0.5, 0.6) is 0 Å². The molecule has 1 fully saturated rings. The second-order valence-electron chi connectivity index (χ2n) is 5.87. The number of carbonyl (C=O) groups excluding carboxylic acids is 1. The Morgan fingerprint density at radius 1 is 1.15 bits per heavy atom. The number of rotatable bonds is 5. The first-order valence-corrected chi connectivity index (χ1v) is 9.96. The van der Waals surface area contributed by atoms with Crippen LogP contribution in [0.3, 0.4) is 0 Å². The van der Waals surface area contributed by atoms with Gasteiger partial charge in [0.1, 0.15) is 6.04 Å². The predicted octanol–water partition coefficient (Wildman–Crippen LogP) is 2.64. The first-order chi connectivity index (χ1) is 12.5. The number of amides is 1. The predicted molar refractivity (Wildman–Crippen MR) is 101 cm³/mol. The fraction of sp³-hybridized carbons (Fsp3) is 0.222. The Morgan fingerprint density at radius 2 is 1.85 bits per heavy atom. The first-order valence-electron chi connectivity index (χ1n) is 8.14. The van der Waals surface area contributed by atoms with E-state index in [1.165, 1.54) is 34.8 Å². The van der Waals surface area contributed by atoms with Gasteiger partial charge in [-0.25, -0.2) is 13.8 Å². The Balaban J connectivity index is 1.72. The van der Waals surface area contributed by atoms with Crippen LogP contribution >= 0.6 is 11.6 Å². The van der Waals surface area contributed by atoms with Crippen molar-refractivity contribution in [2.24, 2.45) is 5.10 Å². The number of sulfonamides is 1. The van der Waals surface area contributed by atoms with E-state index < -0.39 is 22.0 Å². The maximum absolute atomic E-state index is 12.8. The molecule has 8 heteroatoms. The monoisotopic (exact) mass is 391 g/mol. The van der Waals surface area contributed by atoms with Gasteiger partial charge in [-0.05, 0) is 42.7 Å². The zero-order valence-corrected chi connectivity index (χ0v) is 15.4. The summed E-state index contributed by atoms with van der Waals surface area (Å²) in [4.78, 5) is 12.5. The fourth-order valence-electron chi connectivity index (χ4n) is 2.82. The molecule has 0 bridgehead atoms. The fourth-order valence-corrected chi connectivity index (χ4v) is 4.60. The minimum Gasteiger partial charge on any atom is -0.271 e. The third-order valence-electron chi connectivity index (χ3n) is 4.11. The normalized spacial score (nSPS) is 18.3. The van der Waals surface area contributed by atoms with E-state index in [-0.39, 0.29) is 4.90 Å². The summed E-state index contributed by atoms with van der Waals surface area (Å²) < 4.78 is 26.9. The van der Waals surface area contributed by atoms with Crippen molar-refractivity contribution in [3.05, 3.63) is 65.2 Å². The molecule has 1 heterocycles. The van der Waals surface area contributed by atoms with Crippen LogP contribution in [0.15, 0.2) is 64.6 Å². The highest BCUT2D eigenvalue weighted by Gasteiger charge is 2.39. The summed E-state index contributed by atoms with van der Waals surface area (Å²) in [5.41, 5.74) is 3.28. The number of hydrogen-bond acceptors (Lipinski definition) is 4. The van der Waals surface area contributed by atoms with Gasteiger partial charge in [-0.2, -0.15) is 9.41 Å². The van der Waals surface area contributed by atoms with Crippen LogP contribution in [0.4, 0.5) is 0 Å². The molecule has 136 valence electrons. The summed E-state index contributed by atoms with van der Waals surface area (Å²) in [7, 11) is -3.76. The zero-order chi connectivity index (χ0) is 18.6. The van der Waals surface area contributed by atoms with Gasteiger partial charge < -0.3 is 0 Å². The first kappa shape index (κ1) is 18.6. The quantitative estimate of drug-likeness (QED) is 0.628. The molecule has 6 nitrogen and oxygen atoms in total. The molecule has 1 N–H and O–H groups in total. The van der Waals surface area contributed by atoms with Crippen LogP contribution in [0.2, 0.25) is 5.02 Å². The molecule has 3 rings (SSSR count). The maximum Gasteiger partial charge on any atom is 0.258 e. The number of carbonyl (C=O) groups is 1. The third-order valence-corrected chi connectivity index (χ3v) is 6.29. The van der Waals surface area contributed by atoms with E-state index in [2.05, 4.69) is 10.5 Å². The second-order valence-corrected chi connectivity index (χ2v) is 8.20.